The smallest absolute Gasteiger partial charge is 0.181 e. The first-order chi connectivity index (χ1) is 23.8. The third kappa shape index (κ3) is 4.81. The summed E-state index contributed by atoms with van der Waals surface area (Å²) in [6, 6.07) is 61.8. The van der Waals surface area contributed by atoms with E-state index in [1.807, 2.05) is 12.3 Å². The van der Waals surface area contributed by atoms with E-state index in [0.29, 0.717) is 0 Å². The summed E-state index contributed by atoms with van der Waals surface area (Å²) in [5, 5.41) is 4.35. The predicted octanol–water partition coefficient (Wildman–Crippen LogP) is 12.6. The Kier molecular flexibility index (Phi) is 6.80. The first-order valence-electron chi connectivity index (χ1n) is 16.2. The molecular formula is C45H30N2O. The minimum atomic E-state index is 0.741. The molecule has 0 bridgehead atoms. The van der Waals surface area contributed by atoms with Crippen molar-refractivity contribution in [3.63, 3.8) is 0 Å². The van der Waals surface area contributed by atoms with Crippen LogP contribution in [0.1, 0.15) is 0 Å². The predicted molar refractivity (Wildman–Crippen MR) is 200 cm³/mol. The maximum Gasteiger partial charge on any atom is 0.181 e. The van der Waals surface area contributed by atoms with Gasteiger partial charge < -0.3 is 4.42 Å². The van der Waals surface area contributed by atoms with E-state index in [4.69, 9.17) is 9.40 Å². The number of fused-ring (bicyclic) bond motifs is 5. The molecule has 0 aliphatic heterocycles. The van der Waals surface area contributed by atoms with Crippen molar-refractivity contribution in [3.8, 4) is 33.4 Å². The second kappa shape index (κ2) is 11.7. The molecule has 0 fully saturated rings. The summed E-state index contributed by atoms with van der Waals surface area (Å²) in [5.74, 6) is 0.741. The Labute approximate surface area is 279 Å². The topological polar surface area (TPSA) is 29.3 Å². The van der Waals surface area contributed by atoms with Gasteiger partial charge in [-0.2, -0.15) is 0 Å². The molecule has 0 radical (unpaired) electrons. The van der Waals surface area contributed by atoms with Gasteiger partial charge in [0, 0.05) is 33.6 Å². The van der Waals surface area contributed by atoms with E-state index in [1.165, 1.54) is 11.1 Å². The van der Waals surface area contributed by atoms with Crippen molar-refractivity contribution < 1.29 is 4.42 Å². The van der Waals surface area contributed by atoms with Crippen LogP contribution >= 0.6 is 0 Å². The number of furan rings is 1. The summed E-state index contributed by atoms with van der Waals surface area (Å²) in [6.45, 7) is 0. The Bertz CT molecular complexity index is 2540. The SMILES string of the molecule is c1ccc(-c2ccc(N(c3ccc(-c4ccccc4)cc3-c3ccccc3)c3nccc4c3oc3c5ccccc5ccc43)cc2)cc1. The molecule has 0 N–H and O–H groups in total. The number of rotatable bonds is 6. The molecular weight excluding hydrogens is 585 g/mol. The standard InChI is InChI=1S/C45H30N2O/c1-4-12-31(13-5-1)33-20-24-37(25-21-33)47(42-27-23-36(32-14-6-2-7-15-32)30-41(42)34-16-8-3-9-17-34)45-44-40(28-29-46-45)39-26-22-35-18-10-11-19-38(35)43(39)48-44/h1-30H. The first kappa shape index (κ1) is 27.8. The minimum Gasteiger partial charge on any atom is -0.451 e. The highest BCUT2D eigenvalue weighted by Gasteiger charge is 2.24. The summed E-state index contributed by atoms with van der Waals surface area (Å²) in [4.78, 5) is 7.31. The summed E-state index contributed by atoms with van der Waals surface area (Å²) < 4.78 is 6.85. The Balaban J connectivity index is 1.31. The molecule has 0 amide bonds. The van der Waals surface area contributed by atoms with Gasteiger partial charge in [0.2, 0.25) is 0 Å². The van der Waals surface area contributed by atoms with Crippen LogP contribution in [-0.4, -0.2) is 4.98 Å². The number of anilines is 3. The lowest BCUT2D eigenvalue weighted by Gasteiger charge is -2.27. The molecule has 3 nitrogen and oxygen atoms in total. The van der Waals surface area contributed by atoms with Crippen LogP contribution in [0.3, 0.4) is 0 Å². The van der Waals surface area contributed by atoms with Crippen LogP contribution in [0.4, 0.5) is 17.2 Å². The fourth-order valence-electron chi connectivity index (χ4n) is 6.78. The minimum absolute atomic E-state index is 0.741. The highest BCUT2D eigenvalue weighted by molar-refractivity contribution is 6.17. The fourth-order valence-corrected chi connectivity index (χ4v) is 6.78. The van der Waals surface area contributed by atoms with Crippen molar-refractivity contribution in [2.45, 2.75) is 0 Å². The van der Waals surface area contributed by atoms with Crippen molar-refractivity contribution in [1.29, 1.82) is 0 Å². The van der Waals surface area contributed by atoms with E-state index in [9.17, 15) is 0 Å². The Morgan fingerprint density at radius 3 is 1.73 bits per heavy atom. The molecule has 0 unspecified atom stereocenters. The van der Waals surface area contributed by atoms with Crippen molar-refractivity contribution in [1.82, 2.24) is 4.98 Å². The molecule has 48 heavy (non-hydrogen) atoms. The maximum atomic E-state index is 6.85. The van der Waals surface area contributed by atoms with Gasteiger partial charge in [-0.1, -0.05) is 140 Å². The Hall–Kier alpha value is -6.45. The van der Waals surface area contributed by atoms with Crippen LogP contribution in [0.25, 0.3) is 66.1 Å². The number of nitrogens with zero attached hydrogens (tertiary/aromatic N) is 2. The van der Waals surface area contributed by atoms with Crippen LogP contribution < -0.4 is 4.90 Å². The zero-order valence-electron chi connectivity index (χ0n) is 26.1. The molecule has 9 rings (SSSR count). The average Bonchev–Trinajstić information content (AvgIpc) is 3.57. The van der Waals surface area contributed by atoms with E-state index in [0.717, 1.165) is 72.2 Å². The lowest BCUT2D eigenvalue weighted by molar-refractivity contribution is 0.671. The molecule has 0 saturated heterocycles. The van der Waals surface area contributed by atoms with Crippen molar-refractivity contribution >= 4 is 49.9 Å². The zero-order valence-corrected chi connectivity index (χ0v) is 26.1. The summed E-state index contributed by atoms with van der Waals surface area (Å²) >= 11 is 0. The van der Waals surface area contributed by atoms with Gasteiger partial charge in [-0.3, -0.25) is 4.90 Å². The second-order valence-corrected chi connectivity index (χ2v) is 12.0. The van der Waals surface area contributed by atoms with Gasteiger partial charge in [-0.25, -0.2) is 4.98 Å². The Morgan fingerprint density at radius 1 is 0.417 bits per heavy atom. The van der Waals surface area contributed by atoms with E-state index in [-0.39, 0.29) is 0 Å². The van der Waals surface area contributed by atoms with Gasteiger partial charge in [0.1, 0.15) is 5.58 Å². The monoisotopic (exact) mass is 614 g/mol. The molecule has 3 heteroatoms. The number of aromatic nitrogens is 1. The molecule has 0 aliphatic rings. The zero-order chi connectivity index (χ0) is 31.9. The van der Waals surface area contributed by atoms with Gasteiger partial charge >= 0.3 is 0 Å². The van der Waals surface area contributed by atoms with E-state index in [2.05, 4.69) is 175 Å². The van der Waals surface area contributed by atoms with Gasteiger partial charge in [0.05, 0.1) is 5.69 Å². The molecule has 2 heterocycles. The van der Waals surface area contributed by atoms with E-state index < -0.39 is 0 Å². The quantitative estimate of drug-likeness (QED) is 0.187. The summed E-state index contributed by atoms with van der Waals surface area (Å²) in [7, 11) is 0. The molecule has 0 saturated carbocycles. The molecule has 0 spiro atoms. The molecule has 226 valence electrons. The first-order valence-corrected chi connectivity index (χ1v) is 16.2. The third-order valence-electron chi connectivity index (χ3n) is 9.13. The maximum absolute atomic E-state index is 6.85. The van der Waals surface area contributed by atoms with Crippen molar-refractivity contribution in [2.24, 2.45) is 0 Å². The van der Waals surface area contributed by atoms with Crippen LogP contribution in [0.5, 0.6) is 0 Å². The highest BCUT2D eigenvalue weighted by atomic mass is 16.3. The Morgan fingerprint density at radius 2 is 1.00 bits per heavy atom. The third-order valence-corrected chi connectivity index (χ3v) is 9.13. The summed E-state index contributed by atoms with van der Waals surface area (Å²) in [5.41, 5.74) is 10.5. The van der Waals surface area contributed by atoms with Crippen molar-refractivity contribution in [2.75, 3.05) is 4.90 Å². The molecule has 0 aliphatic carbocycles. The number of hydrogen-bond acceptors (Lipinski definition) is 3. The second-order valence-electron chi connectivity index (χ2n) is 12.0. The van der Waals surface area contributed by atoms with Crippen LogP contribution in [-0.2, 0) is 0 Å². The highest BCUT2D eigenvalue weighted by Crippen LogP contribution is 2.46. The van der Waals surface area contributed by atoms with Gasteiger partial charge in [-0.05, 0) is 69.6 Å². The normalized spacial score (nSPS) is 11.3. The summed E-state index contributed by atoms with van der Waals surface area (Å²) in [6.07, 6.45) is 1.90. The number of hydrogen-bond donors (Lipinski definition) is 0. The lowest BCUT2D eigenvalue weighted by atomic mass is 9.96. The number of benzene rings is 7. The molecule has 0 atom stereocenters. The largest absolute Gasteiger partial charge is 0.451 e. The van der Waals surface area contributed by atoms with Crippen LogP contribution in [0.15, 0.2) is 187 Å². The van der Waals surface area contributed by atoms with E-state index >= 15 is 0 Å². The van der Waals surface area contributed by atoms with Crippen molar-refractivity contribution in [3.05, 3.63) is 182 Å². The molecule has 9 aromatic rings. The molecule has 7 aromatic carbocycles. The van der Waals surface area contributed by atoms with Gasteiger partial charge in [-0.15, -0.1) is 0 Å². The average molecular weight is 615 g/mol. The lowest BCUT2D eigenvalue weighted by Crippen LogP contribution is -2.13. The van der Waals surface area contributed by atoms with Crippen LogP contribution in [0, 0.1) is 0 Å². The van der Waals surface area contributed by atoms with Gasteiger partial charge in [0.25, 0.3) is 0 Å². The van der Waals surface area contributed by atoms with E-state index in [1.54, 1.807) is 0 Å². The fraction of sp³-hybridized carbons (Fsp3) is 0. The van der Waals surface area contributed by atoms with Gasteiger partial charge in [0.15, 0.2) is 11.4 Å². The molecule has 2 aromatic heterocycles. The van der Waals surface area contributed by atoms with Crippen LogP contribution in [0.2, 0.25) is 0 Å². The number of pyridine rings is 1.